The van der Waals surface area contributed by atoms with Gasteiger partial charge in [-0.3, -0.25) is 9.69 Å². The highest BCUT2D eigenvalue weighted by Crippen LogP contribution is 2.18. The molecular formula is C18H19ClN2O6. The predicted octanol–water partition coefficient (Wildman–Crippen LogP) is 2.05. The van der Waals surface area contributed by atoms with E-state index in [-0.39, 0.29) is 5.91 Å². The smallest absolute Gasteiger partial charge is 0.414 e. The summed E-state index contributed by atoms with van der Waals surface area (Å²) in [7, 11) is 0. The molecule has 1 aliphatic heterocycles. The van der Waals surface area contributed by atoms with Crippen molar-refractivity contribution >= 4 is 29.4 Å². The van der Waals surface area contributed by atoms with Crippen LogP contribution in [0.2, 0.25) is 5.02 Å². The Bertz CT molecular complexity index is 773. The van der Waals surface area contributed by atoms with E-state index >= 15 is 0 Å². The van der Waals surface area contributed by atoms with Crippen LogP contribution in [0.3, 0.4) is 0 Å². The van der Waals surface area contributed by atoms with Crippen molar-refractivity contribution in [1.82, 2.24) is 9.80 Å². The Kier molecular flexibility index (Phi) is 7.39. The van der Waals surface area contributed by atoms with Gasteiger partial charge in [0.25, 0.3) is 5.91 Å². The lowest BCUT2D eigenvalue weighted by atomic mass is 10.2. The first-order chi connectivity index (χ1) is 12.9. The number of benzene rings is 1. The second-order valence-corrected chi connectivity index (χ2v) is 6.15. The Hall–Kier alpha value is -2.84. The number of carboxylic acids is 2. The highest BCUT2D eigenvalue weighted by Gasteiger charge is 2.23. The molecule has 0 atom stereocenters. The second-order valence-electron chi connectivity index (χ2n) is 5.75. The molecule has 0 unspecified atom stereocenters. The summed E-state index contributed by atoms with van der Waals surface area (Å²) in [5.41, 5.74) is 1.13. The van der Waals surface area contributed by atoms with E-state index in [9.17, 15) is 4.79 Å². The number of rotatable bonds is 3. The van der Waals surface area contributed by atoms with Gasteiger partial charge in [-0.2, -0.15) is 0 Å². The van der Waals surface area contributed by atoms with E-state index < -0.39 is 11.9 Å². The Morgan fingerprint density at radius 3 is 2.11 bits per heavy atom. The third-order valence-electron chi connectivity index (χ3n) is 3.93. The number of aliphatic carboxylic acids is 2. The number of hydrogen-bond acceptors (Lipinski definition) is 5. The number of hydrogen-bond donors (Lipinski definition) is 2. The molecule has 9 heteroatoms. The molecule has 0 bridgehead atoms. The summed E-state index contributed by atoms with van der Waals surface area (Å²) in [6, 6.07) is 11.3. The van der Waals surface area contributed by atoms with Gasteiger partial charge in [-0.15, -0.1) is 0 Å². The summed E-state index contributed by atoms with van der Waals surface area (Å²) in [6.07, 6.45) is 1.53. The summed E-state index contributed by atoms with van der Waals surface area (Å²) in [6.45, 7) is 3.94. The third kappa shape index (κ3) is 6.12. The van der Waals surface area contributed by atoms with E-state index in [1.54, 1.807) is 12.1 Å². The van der Waals surface area contributed by atoms with E-state index in [0.29, 0.717) is 18.8 Å². The maximum atomic E-state index is 12.2. The van der Waals surface area contributed by atoms with Crippen LogP contribution in [0.4, 0.5) is 0 Å². The van der Waals surface area contributed by atoms with Crippen molar-refractivity contribution < 1.29 is 29.0 Å². The Morgan fingerprint density at radius 2 is 1.59 bits per heavy atom. The number of halogens is 1. The van der Waals surface area contributed by atoms with E-state index in [1.165, 1.54) is 6.26 Å². The van der Waals surface area contributed by atoms with Crippen LogP contribution in [-0.4, -0.2) is 64.0 Å². The molecule has 144 valence electrons. The standard InChI is InChI=1S/C16H17ClN2O2.C2H2O4/c17-14-5-2-1-4-13(14)12-18-7-9-19(10-8-18)16(20)15-6-3-11-21-15;3-1(4)2(5)6/h1-6,11H,7-10,12H2;(H,3,4)(H,5,6). The lowest BCUT2D eigenvalue weighted by Gasteiger charge is -2.34. The molecule has 27 heavy (non-hydrogen) atoms. The Labute approximate surface area is 160 Å². The van der Waals surface area contributed by atoms with Crippen molar-refractivity contribution in [2.24, 2.45) is 0 Å². The molecule has 1 fully saturated rings. The van der Waals surface area contributed by atoms with Gasteiger partial charge in [-0.05, 0) is 23.8 Å². The highest BCUT2D eigenvalue weighted by atomic mass is 35.5. The molecule has 0 radical (unpaired) electrons. The molecule has 1 saturated heterocycles. The minimum atomic E-state index is -1.82. The maximum Gasteiger partial charge on any atom is 0.414 e. The molecule has 1 aromatic heterocycles. The van der Waals surface area contributed by atoms with Crippen LogP contribution in [0.15, 0.2) is 47.1 Å². The zero-order valence-electron chi connectivity index (χ0n) is 14.4. The summed E-state index contributed by atoms with van der Waals surface area (Å²) >= 11 is 6.19. The molecule has 2 N–H and O–H groups in total. The van der Waals surface area contributed by atoms with Gasteiger partial charge in [-0.1, -0.05) is 29.8 Å². The van der Waals surface area contributed by atoms with Gasteiger partial charge in [0.1, 0.15) is 0 Å². The van der Waals surface area contributed by atoms with Crippen molar-refractivity contribution in [3.05, 3.63) is 59.0 Å². The third-order valence-corrected chi connectivity index (χ3v) is 4.29. The fraction of sp³-hybridized carbons (Fsp3) is 0.278. The molecule has 0 aliphatic carbocycles. The lowest BCUT2D eigenvalue weighted by Crippen LogP contribution is -2.48. The number of furan rings is 1. The number of piperazine rings is 1. The van der Waals surface area contributed by atoms with Gasteiger partial charge >= 0.3 is 11.9 Å². The molecule has 2 heterocycles. The fourth-order valence-corrected chi connectivity index (χ4v) is 2.73. The van der Waals surface area contributed by atoms with Gasteiger partial charge in [0.2, 0.25) is 0 Å². The van der Waals surface area contributed by atoms with E-state index in [0.717, 1.165) is 30.2 Å². The average molecular weight is 395 g/mol. The molecule has 1 amide bonds. The zero-order chi connectivity index (χ0) is 19.8. The van der Waals surface area contributed by atoms with Crippen molar-refractivity contribution in [2.75, 3.05) is 26.2 Å². The van der Waals surface area contributed by atoms with Crippen molar-refractivity contribution in [3.63, 3.8) is 0 Å². The van der Waals surface area contributed by atoms with Crippen molar-refractivity contribution in [3.8, 4) is 0 Å². The molecule has 2 aromatic rings. The summed E-state index contributed by atoms with van der Waals surface area (Å²) in [5.74, 6) is -3.27. The van der Waals surface area contributed by atoms with Crippen LogP contribution < -0.4 is 0 Å². The molecule has 3 rings (SSSR count). The SMILES string of the molecule is O=C(O)C(=O)O.O=C(c1ccco1)N1CCN(Cc2ccccc2Cl)CC1. The van der Waals surface area contributed by atoms with Crippen LogP contribution in [-0.2, 0) is 16.1 Å². The first-order valence-corrected chi connectivity index (χ1v) is 8.51. The minimum absolute atomic E-state index is 0.0302. The monoisotopic (exact) mass is 394 g/mol. The van der Waals surface area contributed by atoms with Gasteiger partial charge in [0.05, 0.1) is 6.26 Å². The Morgan fingerprint density at radius 1 is 0.963 bits per heavy atom. The first kappa shape index (κ1) is 20.5. The number of carbonyl (C=O) groups is 3. The molecular weight excluding hydrogens is 376 g/mol. The van der Waals surface area contributed by atoms with Crippen LogP contribution >= 0.6 is 11.6 Å². The molecule has 8 nitrogen and oxygen atoms in total. The maximum absolute atomic E-state index is 12.2. The van der Waals surface area contributed by atoms with Crippen LogP contribution in [0.1, 0.15) is 16.1 Å². The fourth-order valence-electron chi connectivity index (χ4n) is 2.53. The average Bonchev–Trinajstić information content (AvgIpc) is 3.19. The predicted molar refractivity (Wildman–Crippen MR) is 96.6 cm³/mol. The normalized spacial score (nSPS) is 14.2. The largest absolute Gasteiger partial charge is 0.473 e. The number of amides is 1. The molecule has 1 aromatic carbocycles. The number of carboxylic acid groups (broad SMARTS) is 2. The number of carbonyl (C=O) groups excluding carboxylic acids is 1. The van der Waals surface area contributed by atoms with Crippen molar-refractivity contribution in [2.45, 2.75) is 6.54 Å². The zero-order valence-corrected chi connectivity index (χ0v) is 15.1. The second kappa shape index (κ2) is 9.75. The Balaban J connectivity index is 0.000000380. The summed E-state index contributed by atoms with van der Waals surface area (Å²) in [5, 5.41) is 15.6. The minimum Gasteiger partial charge on any atom is -0.473 e. The van der Waals surface area contributed by atoms with Gasteiger partial charge in [0, 0.05) is 37.7 Å². The first-order valence-electron chi connectivity index (χ1n) is 8.13. The van der Waals surface area contributed by atoms with E-state index in [1.807, 2.05) is 29.2 Å². The quantitative estimate of drug-likeness (QED) is 0.766. The summed E-state index contributed by atoms with van der Waals surface area (Å²) < 4.78 is 5.16. The molecule has 1 aliphatic rings. The topological polar surface area (TPSA) is 111 Å². The van der Waals surface area contributed by atoms with Crippen molar-refractivity contribution in [1.29, 1.82) is 0 Å². The number of nitrogens with zero attached hydrogens (tertiary/aromatic N) is 2. The summed E-state index contributed by atoms with van der Waals surface area (Å²) in [4.78, 5) is 34.5. The van der Waals surface area contributed by atoms with E-state index in [4.69, 9.17) is 35.8 Å². The van der Waals surface area contributed by atoms with Crippen LogP contribution in [0.5, 0.6) is 0 Å². The van der Waals surface area contributed by atoms with Gasteiger partial charge in [0.15, 0.2) is 5.76 Å². The highest BCUT2D eigenvalue weighted by molar-refractivity contribution is 6.31. The molecule has 0 saturated carbocycles. The lowest BCUT2D eigenvalue weighted by molar-refractivity contribution is -0.159. The van der Waals surface area contributed by atoms with Gasteiger partial charge < -0.3 is 19.5 Å². The van der Waals surface area contributed by atoms with Crippen LogP contribution in [0, 0.1) is 0 Å². The van der Waals surface area contributed by atoms with E-state index in [2.05, 4.69) is 4.90 Å². The van der Waals surface area contributed by atoms with Gasteiger partial charge in [-0.25, -0.2) is 9.59 Å². The van der Waals surface area contributed by atoms with Crippen LogP contribution in [0.25, 0.3) is 0 Å². The molecule has 0 spiro atoms.